The Kier molecular flexibility index (Phi) is 6.15. The molecule has 1 fully saturated rings. The molecule has 0 bridgehead atoms. The molecule has 1 aromatic rings. The Morgan fingerprint density at radius 2 is 2.10 bits per heavy atom. The second-order valence-electron chi connectivity index (χ2n) is 7.03. The van der Waals surface area contributed by atoms with Crippen LogP contribution in [0.15, 0.2) is 52.9 Å². The molecule has 1 unspecified atom stereocenters. The fourth-order valence-electron chi connectivity index (χ4n) is 3.46. The lowest BCUT2D eigenvalue weighted by Gasteiger charge is -2.30. The molecule has 2 amide bonds. The van der Waals surface area contributed by atoms with Gasteiger partial charge in [-0.25, -0.2) is 4.99 Å². The number of halogens is 1. The fourth-order valence-corrected chi connectivity index (χ4v) is 3.98. The average Bonchev–Trinajstić information content (AvgIpc) is 3.18. The molecular weight excluding hydrogens is 426 g/mol. The minimum Gasteiger partial charge on any atom is -0.454 e. The van der Waals surface area contributed by atoms with E-state index in [1.54, 1.807) is 12.2 Å². The lowest BCUT2D eigenvalue weighted by atomic mass is 9.94. The van der Waals surface area contributed by atoms with Gasteiger partial charge >= 0.3 is 0 Å². The number of allylic oxidation sites excluding steroid dienone is 1. The number of benzene rings is 1. The molecule has 156 valence electrons. The van der Waals surface area contributed by atoms with Crippen LogP contribution in [0.25, 0.3) is 0 Å². The Labute approximate surface area is 184 Å². The molecule has 4 rings (SSSR count). The number of ether oxygens (including phenoxy) is 2. The average molecular weight is 446 g/mol. The third kappa shape index (κ3) is 4.39. The predicted molar refractivity (Wildman–Crippen MR) is 116 cm³/mol. The van der Waals surface area contributed by atoms with Crippen LogP contribution >= 0.6 is 23.8 Å². The van der Waals surface area contributed by atoms with Crippen molar-refractivity contribution >= 4 is 46.5 Å². The summed E-state index contributed by atoms with van der Waals surface area (Å²) in [6.07, 6.45) is 4.84. The second kappa shape index (κ2) is 8.97. The van der Waals surface area contributed by atoms with Crippen molar-refractivity contribution in [2.24, 2.45) is 10.9 Å². The number of amides is 2. The van der Waals surface area contributed by atoms with Crippen molar-refractivity contribution in [3.63, 3.8) is 0 Å². The number of fused-ring (bicyclic) bond motifs is 2. The number of nitrogens with zero attached hydrogens (tertiary/aromatic N) is 2. The molecule has 2 aliphatic heterocycles. The Balaban J connectivity index is 1.26. The molecule has 0 spiro atoms. The van der Waals surface area contributed by atoms with E-state index in [-0.39, 0.29) is 30.1 Å². The van der Waals surface area contributed by atoms with Gasteiger partial charge < -0.3 is 14.8 Å². The van der Waals surface area contributed by atoms with Crippen LogP contribution in [0, 0.1) is 5.92 Å². The van der Waals surface area contributed by atoms with Crippen LogP contribution in [0.3, 0.4) is 0 Å². The van der Waals surface area contributed by atoms with Crippen LogP contribution in [0.4, 0.5) is 0 Å². The van der Waals surface area contributed by atoms with Crippen molar-refractivity contribution in [3.05, 3.63) is 58.5 Å². The van der Waals surface area contributed by atoms with Gasteiger partial charge in [0.1, 0.15) is 5.92 Å². The summed E-state index contributed by atoms with van der Waals surface area (Å²) in [6.45, 7) is 0.968. The highest BCUT2D eigenvalue weighted by Crippen LogP contribution is 2.31. The van der Waals surface area contributed by atoms with Gasteiger partial charge in [-0.3, -0.25) is 14.5 Å². The first-order valence-corrected chi connectivity index (χ1v) is 10.4. The van der Waals surface area contributed by atoms with Gasteiger partial charge in [-0.1, -0.05) is 29.8 Å². The van der Waals surface area contributed by atoms with Gasteiger partial charge in [0.25, 0.3) is 0 Å². The first kappa shape index (κ1) is 20.6. The third-order valence-electron chi connectivity index (χ3n) is 5.04. The molecule has 1 N–H and O–H groups in total. The standard InChI is InChI=1S/C21H20ClN3O4S/c22-15-5-2-1-4-13(15)7-8-23-19(26)6-3-9-25-20(27)14-10-17-18(29-12-28-17)11-16(14)24-21(25)30/h1-2,4-5,10-11,14H,3,6-9,12H2,(H,23,26). The molecule has 2 heterocycles. The van der Waals surface area contributed by atoms with Crippen LogP contribution in [-0.4, -0.2) is 47.4 Å². The minimum atomic E-state index is -0.540. The summed E-state index contributed by atoms with van der Waals surface area (Å²) in [4.78, 5) is 30.8. The number of thiocarbonyl (C=S) groups is 1. The molecule has 0 aromatic heterocycles. The highest BCUT2D eigenvalue weighted by atomic mass is 35.5. The van der Waals surface area contributed by atoms with Crippen LogP contribution in [0.1, 0.15) is 18.4 Å². The van der Waals surface area contributed by atoms with Gasteiger partial charge in [0.2, 0.25) is 23.7 Å². The van der Waals surface area contributed by atoms with E-state index in [9.17, 15) is 9.59 Å². The SMILES string of the molecule is O=C(CCCN1C(=O)C2C=C3OCOC3=CC2=NC1=S)NCCc1ccccc1Cl. The first-order chi connectivity index (χ1) is 14.5. The van der Waals surface area contributed by atoms with Crippen molar-refractivity contribution in [1.82, 2.24) is 10.2 Å². The van der Waals surface area contributed by atoms with Crippen LogP contribution in [0.5, 0.6) is 0 Å². The molecular formula is C21H20ClN3O4S. The summed E-state index contributed by atoms with van der Waals surface area (Å²) in [5.41, 5.74) is 1.55. The number of aliphatic imine (C=N–C) groups is 1. The van der Waals surface area contributed by atoms with E-state index in [0.717, 1.165) is 5.56 Å². The van der Waals surface area contributed by atoms with Gasteiger partial charge in [0, 0.05) is 30.6 Å². The quantitative estimate of drug-likeness (QED) is 0.653. The molecule has 1 aliphatic carbocycles. The highest BCUT2D eigenvalue weighted by Gasteiger charge is 2.38. The number of carbonyl (C=O) groups excluding carboxylic acids is 2. The molecule has 3 aliphatic rings. The van der Waals surface area contributed by atoms with Crippen molar-refractivity contribution in [1.29, 1.82) is 0 Å². The van der Waals surface area contributed by atoms with Gasteiger partial charge in [-0.15, -0.1) is 0 Å². The zero-order valence-electron chi connectivity index (χ0n) is 16.1. The molecule has 1 aromatic carbocycles. The van der Waals surface area contributed by atoms with Gasteiger partial charge in [0.15, 0.2) is 11.5 Å². The Hall–Kier alpha value is -2.71. The molecule has 1 atom stereocenters. The smallest absolute Gasteiger partial charge is 0.241 e. The van der Waals surface area contributed by atoms with E-state index in [1.165, 1.54) is 4.90 Å². The van der Waals surface area contributed by atoms with E-state index in [0.29, 0.717) is 48.2 Å². The van der Waals surface area contributed by atoms with Gasteiger partial charge in [-0.05, 0) is 42.8 Å². The van der Waals surface area contributed by atoms with Gasteiger partial charge in [0.05, 0.1) is 5.71 Å². The molecule has 0 saturated carbocycles. The topological polar surface area (TPSA) is 80.2 Å². The van der Waals surface area contributed by atoms with E-state index in [4.69, 9.17) is 33.3 Å². The Morgan fingerprint density at radius 1 is 1.30 bits per heavy atom. The summed E-state index contributed by atoms with van der Waals surface area (Å²) < 4.78 is 10.7. The van der Waals surface area contributed by atoms with E-state index in [1.807, 2.05) is 24.3 Å². The van der Waals surface area contributed by atoms with E-state index >= 15 is 0 Å². The summed E-state index contributed by atoms with van der Waals surface area (Å²) in [7, 11) is 0. The van der Waals surface area contributed by atoms with Crippen molar-refractivity contribution < 1.29 is 19.1 Å². The van der Waals surface area contributed by atoms with Crippen molar-refractivity contribution in [3.8, 4) is 0 Å². The van der Waals surface area contributed by atoms with Gasteiger partial charge in [-0.2, -0.15) is 0 Å². The summed E-state index contributed by atoms with van der Waals surface area (Å²) in [6, 6.07) is 7.56. The van der Waals surface area contributed by atoms with E-state index in [2.05, 4.69) is 10.3 Å². The molecule has 7 nitrogen and oxygen atoms in total. The molecule has 30 heavy (non-hydrogen) atoms. The Bertz CT molecular complexity index is 988. The summed E-state index contributed by atoms with van der Waals surface area (Å²) in [5.74, 6) is 0.343. The van der Waals surface area contributed by atoms with Crippen molar-refractivity contribution in [2.75, 3.05) is 19.9 Å². The lowest BCUT2D eigenvalue weighted by Crippen LogP contribution is -2.46. The maximum Gasteiger partial charge on any atom is 0.241 e. The number of hydrogen-bond donors (Lipinski definition) is 1. The molecule has 0 radical (unpaired) electrons. The number of rotatable bonds is 7. The number of nitrogens with one attached hydrogen (secondary N) is 1. The largest absolute Gasteiger partial charge is 0.454 e. The lowest BCUT2D eigenvalue weighted by molar-refractivity contribution is -0.129. The van der Waals surface area contributed by atoms with Crippen LogP contribution < -0.4 is 5.32 Å². The van der Waals surface area contributed by atoms with Crippen molar-refractivity contribution in [2.45, 2.75) is 19.3 Å². The monoisotopic (exact) mass is 445 g/mol. The number of carbonyl (C=O) groups is 2. The second-order valence-corrected chi connectivity index (χ2v) is 7.80. The highest BCUT2D eigenvalue weighted by molar-refractivity contribution is 7.80. The first-order valence-electron chi connectivity index (χ1n) is 9.66. The minimum absolute atomic E-state index is 0.0783. The fraction of sp³-hybridized carbons (Fsp3) is 0.333. The summed E-state index contributed by atoms with van der Waals surface area (Å²) in [5, 5.41) is 3.78. The maximum atomic E-state index is 12.9. The van der Waals surface area contributed by atoms with Crippen LogP contribution in [0.2, 0.25) is 5.02 Å². The molecule has 9 heteroatoms. The number of hydrogen-bond acceptors (Lipinski definition) is 5. The van der Waals surface area contributed by atoms with Crippen LogP contribution in [-0.2, 0) is 25.5 Å². The normalized spacial score (nSPS) is 19.7. The maximum absolute atomic E-state index is 12.9. The predicted octanol–water partition coefficient (Wildman–Crippen LogP) is 2.75. The zero-order chi connectivity index (χ0) is 21.1. The zero-order valence-corrected chi connectivity index (χ0v) is 17.7. The Morgan fingerprint density at radius 3 is 2.93 bits per heavy atom. The molecule has 1 saturated heterocycles. The summed E-state index contributed by atoms with van der Waals surface area (Å²) >= 11 is 11.4. The third-order valence-corrected chi connectivity index (χ3v) is 5.72. The van der Waals surface area contributed by atoms with E-state index < -0.39 is 5.92 Å².